The number of aliphatic hydroxyl groups is 1. The molecule has 1 aromatic carbocycles. The van der Waals surface area contributed by atoms with E-state index in [0.29, 0.717) is 11.8 Å². The molecule has 1 N–H and O–H groups in total. The van der Waals surface area contributed by atoms with E-state index in [9.17, 15) is 5.11 Å². The number of hydrogen-bond donors (Lipinski definition) is 1. The monoisotopic (exact) mass is 246 g/mol. The van der Waals surface area contributed by atoms with Crippen molar-refractivity contribution < 1.29 is 9.84 Å². The first-order valence-corrected chi connectivity index (χ1v) is 7.24. The molecule has 0 spiro atoms. The molecule has 2 aliphatic rings. The van der Waals surface area contributed by atoms with Crippen molar-refractivity contribution in [3.05, 3.63) is 29.8 Å². The quantitative estimate of drug-likeness (QED) is 0.884. The number of hydrogen-bond acceptors (Lipinski definition) is 2. The van der Waals surface area contributed by atoms with Crippen LogP contribution in [0.2, 0.25) is 0 Å². The summed E-state index contributed by atoms with van der Waals surface area (Å²) in [5, 5.41) is 10.4. The maximum atomic E-state index is 10.4. The molecular weight excluding hydrogens is 224 g/mol. The van der Waals surface area contributed by atoms with Gasteiger partial charge in [-0.05, 0) is 49.1 Å². The summed E-state index contributed by atoms with van der Waals surface area (Å²) in [6, 6.07) is 8.29. The second-order valence-electron chi connectivity index (χ2n) is 5.72. The van der Waals surface area contributed by atoms with Crippen LogP contribution in [0.25, 0.3) is 0 Å². The van der Waals surface area contributed by atoms with Crippen molar-refractivity contribution >= 4 is 0 Å². The normalized spacial score (nSPS) is 25.5. The molecule has 0 saturated heterocycles. The Bertz CT molecular complexity index is 396. The molecule has 0 aromatic heterocycles. The minimum atomic E-state index is -0.122. The molecule has 1 aromatic rings. The predicted octanol–water partition coefficient (Wildman–Crippen LogP) is 3.49. The molecule has 1 aliphatic heterocycles. The number of aliphatic hydroxyl groups excluding tert-OH is 1. The molecule has 98 valence electrons. The molecule has 1 saturated carbocycles. The van der Waals surface area contributed by atoms with Crippen LogP contribution in [0.5, 0.6) is 5.75 Å². The van der Waals surface area contributed by atoms with Crippen LogP contribution in [0, 0.1) is 5.92 Å². The van der Waals surface area contributed by atoms with E-state index >= 15 is 0 Å². The molecule has 18 heavy (non-hydrogen) atoms. The van der Waals surface area contributed by atoms with Crippen molar-refractivity contribution in [1.82, 2.24) is 0 Å². The van der Waals surface area contributed by atoms with Gasteiger partial charge in [-0.2, -0.15) is 0 Å². The van der Waals surface area contributed by atoms with Gasteiger partial charge >= 0.3 is 0 Å². The molecular formula is C16H22O2. The molecule has 1 fully saturated rings. The van der Waals surface area contributed by atoms with Gasteiger partial charge in [-0.1, -0.05) is 31.0 Å². The summed E-state index contributed by atoms with van der Waals surface area (Å²) in [6.45, 7) is 0.791. The van der Waals surface area contributed by atoms with Crippen LogP contribution in [-0.4, -0.2) is 17.8 Å². The number of para-hydroxylation sites is 1. The Morgan fingerprint density at radius 1 is 1.17 bits per heavy atom. The molecule has 0 amide bonds. The zero-order chi connectivity index (χ0) is 12.4. The maximum Gasteiger partial charge on any atom is 0.122 e. The van der Waals surface area contributed by atoms with Crippen LogP contribution in [-0.2, 0) is 0 Å². The maximum absolute atomic E-state index is 10.4. The molecule has 2 nitrogen and oxygen atoms in total. The topological polar surface area (TPSA) is 29.5 Å². The minimum Gasteiger partial charge on any atom is -0.493 e. The van der Waals surface area contributed by atoms with Crippen LogP contribution >= 0.6 is 0 Å². The third kappa shape index (κ3) is 2.39. The molecule has 2 unspecified atom stereocenters. The van der Waals surface area contributed by atoms with Gasteiger partial charge in [0.25, 0.3) is 0 Å². The Morgan fingerprint density at radius 3 is 2.78 bits per heavy atom. The molecule has 2 atom stereocenters. The van der Waals surface area contributed by atoms with Crippen molar-refractivity contribution in [2.24, 2.45) is 5.92 Å². The summed E-state index contributed by atoms with van der Waals surface area (Å²) in [7, 11) is 0. The summed E-state index contributed by atoms with van der Waals surface area (Å²) in [5.74, 6) is 2.04. The van der Waals surface area contributed by atoms with Crippen molar-refractivity contribution in [1.29, 1.82) is 0 Å². The Hall–Kier alpha value is -1.02. The van der Waals surface area contributed by atoms with Gasteiger partial charge in [0, 0.05) is 0 Å². The highest BCUT2D eigenvalue weighted by Crippen LogP contribution is 2.39. The highest BCUT2D eigenvalue weighted by molar-refractivity contribution is 5.37. The third-order valence-corrected chi connectivity index (χ3v) is 4.55. The van der Waals surface area contributed by atoms with E-state index in [0.717, 1.165) is 25.2 Å². The van der Waals surface area contributed by atoms with Gasteiger partial charge in [0.2, 0.25) is 0 Å². The van der Waals surface area contributed by atoms with Crippen LogP contribution in [0.15, 0.2) is 24.3 Å². The Balaban J connectivity index is 1.70. The lowest BCUT2D eigenvalue weighted by Crippen LogP contribution is -2.24. The summed E-state index contributed by atoms with van der Waals surface area (Å²) in [6.07, 6.45) is 6.85. The fourth-order valence-corrected chi connectivity index (χ4v) is 3.49. The SMILES string of the molecule is OC(CC1CCOc2ccccc21)C1CCCC1. The molecule has 0 radical (unpaired) electrons. The second-order valence-corrected chi connectivity index (χ2v) is 5.72. The van der Waals surface area contributed by atoms with E-state index in [1.54, 1.807) is 0 Å². The van der Waals surface area contributed by atoms with Crippen molar-refractivity contribution in [2.45, 2.75) is 50.5 Å². The molecule has 0 bridgehead atoms. The van der Waals surface area contributed by atoms with Crippen LogP contribution in [0.3, 0.4) is 0 Å². The molecule has 1 heterocycles. The van der Waals surface area contributed by atoms with E-state index in [1.165, 1.54) is 31.2 Å². The third-order valence-electron chi connectivity index (χ3n) is 4.55. The number of fused-ring (bicyclic) bond motifs is 1. The van der Waals surface area contributed by atoms with E-state index < -0.39 is 0 Å². The van der Waals surface area contributed by atoms with Gasteiger partial charge in [-0.25, -0.2) is 0 Å². The standard InChI is InChI=1S/C16H22O2/c17-15(12-5-1-2-6-12)11-13-9-10-18-16-8-4-3-7-14(13)16/h3-4,7-8,12-13,15,17H,1-2,5-6,9-11H2. The van der Waals surface area contributed by atoms with Crippen molar-refractivity contribution in [3.8, 4) is 5.75 Å². The number of ether oxygens (including phenoxy) is 1. The Morgan fingerprint density at radius 2 is 1.94 bits per heavy atom. The minimum absolute atomic E-state index is 0.122. The molecule has 3 rings (SSSR count). The zero-order valence-corrected chi connectivity index (χ0v) is 10.8. The number of rotatable bonds is 3. The zero-order valence-electron chi connectivity index (χ0n) is 10.8. The van der Waals surface area contributed by atoms with Gasteiger partial charge in [-0.3, -0.25) is 0 Å². The highest BCUT2D eigenvalue weighted by Gasteiger charge is 2.28. The predicted molar refractivity (Wildman–Crippen MR) is 71.9 cm³/mol. The molecule has 2 heteroatoms. The lowest BCUT2D eigenvalue weighted by Gasteiger charge is -2.29. The second kappa shape index (κ2) is 5.31. The van der Waals surface area contributed by atoms with Gasteiger partial charge in [0.1, 0.15) is 5.75 Å². The summed E-state index contributed by atoms with van der Waals surface area (Å²) >= 11 is 0. The average molecular weight is 246 g/mol. The summed E-state index contributed by atoms with van der Waals surface area (Å²) < 4.78 is 5.68. The Labute approximate surface area is 109 Å². The van der Waals surface area contributed by atoms with Gasteiger partial charge in [-0.15, -0.1) is 0 Å². The van der Waals surface area contributed by atoms with Crippen LogP contribution < -0.4 is 4.74 Å². The van der Waals surface area contributed by atoms with E-state index in [-0.39, 0.29) is 6.10 Å². The van der Waals surface area contributed by atoms with Crippen molar-refractivity contribution in [2.75, 3.05) is 6.61 Å². The van der Waals surface area contributed by atoms with Gasteiger partial charge in [0.05, 0.1) is 12.7 Å². The largest absolute Gasteiger partial charge is 0.493 e. The summed E-state index contributed by atoms with van der Waals surface area (Å²) in [4.78, 5) is 0. The van der Waals surface area contributed by atoms with E-state index in [1.807, 2.05) is 12.1 Å². The summed E-state index contributed by atoms with van der Waals surface area (Å²) in [5.41, 5.74) is 1.29. The highest BCUT2D eigenvalue weighted by atomic mass is 16.5. The van der Waals surface area contributed by atoms with Crippen LogP contribution in [0.1, 0.15) is 50.0 Å². The van der Waals surface area contributed by atoms with Crippen LogP contribution in [0.4, 0.5) is 0 Å². The van der Waals surface area contributed by atoms with Crippen molar-refractivity contribution in [3.63, 3.8) is 0 Å². The number of benzene rings is 1. The average Bonchev–Trinajstić information content (AvgIpc) is 2.93. The van der Waals surface area contributed by atoms with E-state index in [2.05, 4.69) is 12.1 Å². The lowest BCUT2D eigenvalue weighted by atomic mass is 9.84. The van der Waals surface area contributed by atoms with E-state index in [4.69, 9.17) is 4.74 Å². The fourth-order valence-electron chi connectivity index (χ4n) is 3.49. The van der Waals surface area contributed by atoms with Gasteiger partial charge < -0.3 is 9.84 Å². The van der Waals surface area contributed by atoms with Gasteiger partial charge in [0.15, 0.2) is 0 Å². The first-order valence-electron chi connectivity index (χ1n) is 7.24. The lowest BCUT2D eigenvalue weighted by molar-refractivity contribution is 0.0880. The smallest absolute Gasteiger partial charge is 0.122 e. The first-order chi connectivity index (χ1) is 8.84. The molecule has 1 aliphatic carbocycles. The first kappa shape index (κ1) is 12.0. The Kier molecular flexibility index (Phi) is 3.55. The fraction of sp³-hybridized carbons (Fsp3) is 0.625.